The largest absolute Gasteiger partial charge is 0.375 e. The fourth-order valence-electron chi connectivity index (χ4n) is 2.54. The van der Waals surface area contributed by atoms with Gasteiger partial charge in [0.15, 0.2) is 0 Å². The van der Waals surface area contributed by atoms with Gasteiger partial charge in [0.2, 0.25) is 0 Å². The molecule has 0 aliphatic heterocycles. The standard InChI is InChI=1S/C17H17F2N/c1-11-3-2-4-15(19)16(11)20-17(12-5-6-12)13-7-9-14(18)10-8-13/h2-4,7-10,12,17,20H,5-6H2,1H3. The number of benzene rings is 2. The van der Waals surface area contributed by atoms with Crippen LogP contribution >= 0.6 is 0 Å². The zero-order chi connectivity index (χ0) is 14.1. The van der Waals surface area contributed by atoms with Gasteiger partial charge in [-0.25, -0.2) is 8.78 Å². The lowest BCUT2D eigenvalue weighted by molar-refractivity contribution is 0.610. The molecule has 1 atom stereocenters. The Bertz CT molecular complexity index is 583. The van der Waals surface area contributed by atoms with E-state index in [0.717, 1.165) is 24.0 Å². The second kappa shape index (κ2) is 5.23. The minimum atomic E-state index is -0.245. The minimum Gasteiger partial charge on any atom is -0.375 e. The Morgan fingerprint density at radius 2 is 1.75 bits per heavy atom. The highest BCUT2D eigenvalue weighted by Gasteiger charge is 2.33. The number of halogens is 2. The van der Waals surface area contributed by atoms with E-state index in [1.807, 2.05) is 13.0 Å². The maximum absolute atomic E-state index is 14.0. The molecule has 104 valence electrons. The van der Waals surface area contributed by atoms with Gasteiger partial charge in [0.1, 0.15) is 11.6 Å². The molecule has 1 saturated carbocycles. The molecule has 3 heteroatoms. The summed E-state index contributed by atoms with van der Waals surface area (Å²) in [5.74, 6) is 0.0163. The quantitative estimate of drug-likeness (QED) is 0.840. The van der Waals surface area contributed by atoms with Gasteiger partial charge in [0, 0.05) is 0 Å². The predicted octanol–water partition coefficient (Wildman–Crippen LogP) is 4.84. The van der Waals surface area contributed by atoms with E-state index in [2.05, 4.69) is 5.32 Å². The summed E-state index contributed by atoms with van der Waals surface area (Å²) in [7, 11) is 0. The summed E-state index contributed by atoms with van der Waals surface area (Å²) in [5, 5.41) is 3.32. The van der Waals surface area contributed by atoms with E-state index in [0.29, 0.717) is 11.6 Å². The lowest BCUT2D eigenvalue weighted by Crippen LogP contribution is -2.14. The third kappa shape index (κ3) is 2.67. The number of rotatable bonds is 4. The molecule has 0 radical (unpaired) electrons. The van der Waals surface area contributed by atoms with Gasteiger partial charge < -0.3 is 5.32 Å². The van der Waals surface area contributed by atoms with Crippen molar-refractivity contribution in [3.05, 3.63) is 65.2 Å². The third-order valence-corrected chi connectivity index (χ3v) is 3.84. The van der Waals surface area contributed by atoms with Gasteiger partial charge in [0.25, 0.3) is 0 Å². The summed E-state index contributed by atoms with van der Waals surface area (Å²) >= 11 is 0. The molecule has 2 aromatic rings. The number of para-hydroxylation sites is 1. The third-order valence-electron chi connectivity index (χ3n) is 3.84. The maximum Gasteiger partial charge on any atom is 0.146 e. The molecule has 1 aliphatic rings. The van der Waals surface area contributed by atoms with Crippen molar-refractivity contribution in [1.82, 2.24) is 0 Å². The lowest BCUT2D eigenvalue weighted by Gasteiger charge is -2.22. The van der Waals surface area contributed by atoms with Crippen molar-refractivity contribution in [3.63, 3.8) is 0 Å². The number of hydrogen-bond donors (Lipinski definition) is 1. The van der Waals surface area contributed by atoms with E-state index in [1.54, 1.807) is 18.2 Å². The summed E-state index contributed by atoms with van der Waals surface area (Å²) in [5.41, 5.74) is 2.45. The second-order valence-electron chi connectivity index (χ2n) is 5.44. The van der Waals surface area contributed by atoms with Crippen molar-refractivity contribution in [1.29, 1.82) is 0 Å². The van der Waals surface area contributed by atoms with Gasteiger partial charge in [-0.3, -0.25) is 0 Å². The molecule has 1 aliphatic carbocycles. The van der Waals surface area contributed by atoms with Crippen molar-refractivity contribution < 1.29 is 8.78 Å². The van der Waals surface area contributed by atoms with Gasteiger partial charge in [-0.05, 0) is 55.0 Å². The highest BCUT2D eigenvalue weighted by molar-refractivity contribution is 5.53. The van der Waals surface area contributed by atoms with Gasteiger partial charge in [-0.15, -0.1) is 0 Å². The number of nitrogens with one attached hydrogen (secondary N) is 1. The topological polar surface area (TPSA) is 12.0 Å². The SMILES string of the molecule is Cc1cccc(F)c1NC(c1ccc(F)cc1)C1CC1. The van der Waals surface area contributed by atoms with Gasteiger partial charge >= 0.3 is 0 Å². The Morgan fingerprint density at radius 3 is 2.35 bits per heavy atom. The maximum atomic E-state index is 14.0. The van der Waals surface area contributed by atoms with Crippen LogP contribution < -0.4 is 5.32 Å². The average Bonchev–Trinajstić information content (AvgIpc) is 3.24. The number of aryl methyl sites for hydroxylation is 1. The van der Waals surface area contributed by atoms with Crippen LogP contribution in [0.25, 0.3) is 0 Å². The fraction of sp³-hybridized carbons (Fsp3) is 0.294. The minimum absolute atomic E-state index is 0.0474. The van der Waals surface area contributed by atoms with Crippen molar-refractivity contribution in [2.75, 3.05) is 5.32 Å². The van der Waals surface area contributed by atoms with E-state index in [1.165, 1.54) is 18.2 Å². The molecular weight excluding hydrogens is 256 g/mol. The molecule has 1 nitrogen and oxygen atoms in total. The van der Waals surface area contributed by atoms with Crippen LogP contribution in [0.1, 0.15) is 30.0 Å². The van der Waals surface area contributed by atoms with Crippen LogP contribution in [0.5, 0.6) is 0 Å². The summed E-state index contributed by atoms with van der Waals surface area (Å²) in [6.45, 7) is 1.89. The van der Waals surface area contributed by atoms with E-state index in [9.17, 15) is 8.78 Å². The molecule has 0 saturated heterocycles. The van der Waals surface area contributed by atoms with E-state index < -0.39 is 0 Å². The molecule has 3 rings (SSSR count). The molecule has 0 aromatic heterocycles. The van der Waals surface area contributed by atoms with Crippen LogP contribution in [0, 0.1) is 24.5 Å². The Kier molecular flexibility index (Phi) is 3.43. The van der Waals surface area contributed by atoms with Crippen LogP contribution in [-0.2, 0) is 0 Å². The molecule has 0 spiro atoms. The van der Waals surface area contributed by atoms with Gasteiger partial charge in [-0.1, -0.05) is 24.3 Å². The second-order valence-corrected chi connectivity index (χ2v) is 5.44. The first-order valence-electron chi connectivity index (χ1n) is 6.92. The first kappa shape index (κ1) is 13.1. The van der Waals surface area contributed by atoms with Gasteiger partial charge in [0.05, 0.1) is 11.7 Å². The Hall–Kier alpha value is -1.90. The zero-order valence-corrected chi connectivity index (χ0v) is 11.4. The van der Waals surface area contributed by atoms with E-state index in [-0.39, 0.29) is 17.7 Å². The normalized spacial score (nSPS) is 15.9. The van der Waals surface area contributed by atoms with Crippen molar-refractivity contribution >= 4 is 5.69 Å². The highest BCUT2D eigenvalue weighted by Crippen LogP contribution is 2.43. The zero-order valence-electron chi connectivity index (χ0n) is 11.4. The average molecular weight is 273 g/mol. The molecule has 20 heavy (non-hydrogen) atoms. The molecule has 1 N–H and O–H groups in total. The summed E-state index contributed by atoms with van der Waals surface area (Å²) in [6.07, 6.45) is 2.26. The number of anilines is 1. The molecule has 1 fully saturated rings. The Morgan fingerprint density at radius 1 is 1.05 bits per heavy atom. The smallest absolute Gasteiger partial charge is 0.146 e. The van der Waals surface area contributed by atoms with Crippen molar-refractivity contribution in [2.45, 2.75) is 25.8 Å². The Labute approximate surface area is 117 Å². The van der Waals surface area contributed by atoms with E-state index in [4.69, 9.17) is 0 Å². The summed E-state index contributed by atoms with van der Waals surface area (Å²) < 4.78 is 27.0. The summed E-state index contributed by atoms with van der Waals surface area (Å²) in [6, 6.07) is 11.6. The highest BCUT2D eigenvalue weighted by atomic mass is 19.1. The summed E-state index contributed by atoms with van der Waals surface area (Å²) in [4.78, 5) is 0. The first-order valence-corrected chi connectivity index (χ1v) is 6.92. The number of hydrogen-bond acceptors (Lipinski definition) is 1. The van der Waals surface area contributed by atoms with Crippen molar-refractivity contribution in [2.24, 2.45) is 5.92 Å². The van der Waals surface area contributed by atoms with Crippen LogP contribution in [0.15, 0.2) is 42.5 Å². The van der Waals surface area contributed by atoms with Crippen LogP contribution in [-0.4, -0.2) is 0 Å². The fourth-order valence-corrected chi connectivity index (χ4v) is 2.54. The molecular formula is C17H17F2N. The molecule has 2 aromatic carbocycles. The van der Waals surface area contributed by atoms with Crippen LogP contribution in [0.3, 0.4) is 0 Å². The monoisotopic (exact) mass is 273 g/mol. The molecule has 1 unspecified atom stereocenters. The van der Waals surface area contributed by atoms with E-state index >= 15 is 0 Å². The lowest BCUT2D eigenvalue weighted by atomic mass is 10.0. The van der Waals surface area contributed by atoms with Gasteiger partial charge in [-0.2, -0.15) is 0 Å². The predicted molar refractivity (Wildman–Crippen MR) is 76.6 cm³/mol. The van der Waals surface area contributed by atoms with Crippen LogP contribution in [0.4, 0.5) is 14.5 Å². The Balaban J connectivity index is 1.90. The molecule has 0 heterocycles. The van der Waals surface area contributed by atoms with Crippen molar-refractivity contribution in [3.8, 4) is 0 Å². The first-order chi connectivity index (χ1) is 9.65. The molecule has 0 bridgehead atoms. The molecule has 0 amide bonds. The van der Waals surface area contributed by atoms with Crippen LogP contribution in [0.2, 0.25) is 0 Å².